The molecule has 1 aromatic heterocycles. The van der Waals surface area contributed by atoms with Gasteiger partial charge in [-0.2, -0.15) is 13.2 Å². The first-order valence-electron chi connectivity index (χ1n) is 12.4. The minimum atomic E-state index is -4.51. The fraction of sp³-hybridized carbons (Fsp3) is 0.556. The molecule has 5 nitrogen and oxygen atoms in total. The maximum absolute atomic E-state index is 13.8. The first-order valence-corrected chi connectivity index (χ1v) is 16.7. The number of aliphatic hydroxyl groups is 1. The summed E-state index contributed by atoms with van der Waals surface area (Å²) in [5.74, 6) is 4.90. The second kappa shape index (κ2) is 10.6. The van der Waals surface area contributed by atoms with Gasteiger partial charge in [-0.15, -0.1) is 16.9 Å². The fourth-order valence-corrected chi connectivity index (χ4v) is 7.14. The van der Waals surface area contributed by atoms with Crippen LogP contribution in [0.2, 0.25) is 19.6 Å². The van der Waals surface area contributed by atoms with E-state index in [0.29, 0.717) is 60.9 Å². The van der Waals surface area contributed by atoms with Crippen LogP contribution in [-0.4, -0.2) is 51.5 Å². The molecule has 0 bridgehead atoms. The summed E-state index contributed by atoms with van der Waals surface area (Å²) in [4.78, 5) is 2.17. The second-order valence-electron chi connectivity index (χ2n) is 10.6. The van der Waals surface area contributed by atoms with Crippen LogP contribution in [0.1, 0.15) is 39.3 Å². The third-order valence-electron chi connectivity index (χ3n) is 6.92. The summed E-state index contributed by atoms with van der Waals surface area (Å²) in [7, 11) is 1.52. The largest absolute Gasteiger partial charge is 0.497 e. The van der Waals surface area contributed by atoms with Gasteiger partial charge in [0.15, 0.2) is 0 Å². The third kappa shape index (κ3) is 5.86. The van der Waals surface area contributed by atoms with Crippen molar-refractivity contribution in [3.8, 4) is 23.0 Å². The lowest BCUT2D eigenvalue weighted by Gasteiger charge is -2.46. The number of methoxy groups -OCH3 is 2. The molecule has 1 unspecified atom stereocenters. The van der Waals surface area contributed by atoms with Crippen molar-refractivity contribution in [2.45, 2.75) is 69.9 Å². The maximum Gasteiger partial charge on any atom is 0.425 e. The molecule has 1 fully saturated rings. The number of nitrogens with zero attached hydrogens (tertiary/aromatic N) is 1. The van der Waals surface area contributed by atoms with E-state index < -0.39 is 31.3 Å². The molecule has 0 amide bonds. The van der Waals surface area contributed by atoms with Crippen molar-refractivity contribution in [3.05, 3.63) is 44.6 Å². The van der Waals surface area contributed by atoms with E-state index in [2.05, 4.69) is 36.0 Å². The summed E-state index contributed by atoms with van der Waals surface area (Å²) < 4.78 is 58.8. The van der Waals surface area contributed by atoms with Crippen LogP contribution < -0.4 is 9.47 Å². The van der Waals surface area contributed by atoms with Crippen molar-refractivity contribution in [1.29, 1.82) is 0 Å². The van der Waals surface area contributed by atoms with Gasteiger partial charge in [-0.3, -0.25) is 4.90 Å². The summed E-state index contributed by atoms with van der Waals surface area (Å²) in [6, 6.07) is 5.51. The number of hydrogen-bond donors (Lipinski definition) is 1. The first kappa shape index (κ1) is 28.0. The lowest BCUT2D eigenvalue weighted by molar-refractivity contribution is -0.135. The van der Waals surface area contributed by atoms with Gasteiger partial charge in [-0.1, -0.05) is 31.6 Å². The van der Waals surface area contributed by atoms with Crippen molar-refractivity contribution in [3.63, 3.8) is 0 Å². The average Bonchev–Trinajstić information content (AvgIpc) is 3.25. The van der Waals surface area contributed by atoms with Gasteiger partial charge in [0.05, 0.1) is 33.5 Å². The highest BCUT2D eigenvalue weighted by Gasteiger charge is 2.49. The monoisotopic (exact) mass is 553 g/mol. The van der Waals surface area contributed by atoms with Crippen molar-refractivity contribution >= 4 is 19.4 Å². The van der Waals surface area contributed by atoms with Crippen LogP contribution in [-0.2, 0) is 36.1 Å². The molecule has 1 saturated heterocycles. The molecular weight excluding hydrogens is 519 g/mol. The zero-order chi connectivity index (χ0) is 27.0. The van der Waals surface area contributed by atoms with Crippen LogP contribution >= 0.6 is 11.3 Å². The van der Waals surface area contributed by atoms with Gasteiger partial charge >= 0.3 is 6.18 Å². The zero-order valence-corrected chi connectivity index (χ0v) is 23.7. The van der Waals surface area contributed by atoms with Crippen LogP contribution in [0.5, 0.6) is 11.5 Å². The number of benzene rings is 1. The van der Waals surface area contributed by atoms with Gasteiger partial charge < -0.3 is 19.3 Å². The minimum Gasteiger partial charge on any atom is -0.497 e. The fourth-order valence-electron chi connectivity index (χ4n) is 5.14. The molecule has 0 radical (unpaired) electrons. The topological polar surface area (TPSA) is 51.2 Å². The van der Waals surface area contributed by atoms with E-state index in [1.165, 1.54) is 0 Å². The van der Waals surface area contributed by atoms with E-state index in [-0.39, 0.29) is 11.6 Å². The molecule has 2 aliphatic rings. The Kier molecular flexibility index (Phi) is 8.03. The third-order valence-corrected chi connectivity index (χ3v) is 9.32. The molecule has 2 atom stereocenters. The van der Waals surface area contributed by atoms with Crippen molar-refractivity contribution in [2.75, 3.05) is 27.4 Å². The predicted octanol–water partition coefficient (Wildman–Crippen LogP) is 5.59. The second-order valence-corrected chi connectivity index (χ2v) is 16.4. The van der Waals surface area contributed by atoms with Gasteiger partial charge in [0.25, 0.3) is 0 Å². The molecule has 4 rings (SSSR count). The SMILES string of the molecule is COc1ccc(CN2CCC3(C[C@H]2C#C[Si](C)(C)C)OCCc2c3sc(C(F)(F)F)c2CO)c(OC)c1. The van der Waals surface area contributed by atoms with Crippen LogP contribution in [0.3, 0.4) is 0 Å². The number of likely N-dealkylation sites (tertiary alicyclic amines) is 1. The Hall–Kier alpha value is -2.03. The molecule has 37 heavy (non-hydrogen) atoms. The van der Waals surface area contributed by atoms with Gasteiger partial charge in [-0.05, 0) is 24.5 Å². The summed E-state index contributed by atoms with van der Waals surface area (Å²) in [6.45, 7) is 7.41. The number of ether oxygens (including phenoxy) is 3. The first-order chi connectivity index (χ1) is 17.4. The van der Waals surface area contributed by atoms with Gasteiger partial charge in [0.1, 0.15) is 30.1 Å². The maximum atomic E-state index is 13.8. The normalized spacial score (nSPS) is 22.4. The Morgan fingerprint density at radius 1 is 1.24 bits per heavy atom. The quantitative estimate of drug-likeness (QED) is 0.387. The number of aliphatic hydroxyl groups excluding tert-OH is 1. The molecule has 0 aliphatic carbocycles. The molecular formula is C27H34F3NO4SSi. The highest BCUT2D eigenvalue weighted by molar-refractivity contribution is 7.12. The molecule has 10 heteroatoms. The molecule has 1 N–H and O–H groups in total. The van der Waals surface area contributed by atoms with Crippen LogP contribution in [0.4, 0.5) is 13.2 Å². The summed E-state index contributed by atoms with van der Waals surface area (Å²) >= 11 is 0.738. The van der Waals surface area contributed by atoms with Crippen molar-refractivity contribution in [2.24, 2.45) is 0 Å². The Labute approximate surface area is 221 Å². The van der Waals surface area contributed by atoms with Gasteiger partial charge in [0, 0.05) is 41.6 Å². The number of piperidine rings is 1. The van der Waals surface area contributed by atoms with Crippen molar-refractivity contribution < 1.29 is 32.5 Å². The van der Waals surface area contributed by atoms with Crippen LogP contribution in [0.25, 0.3) is 0 Å². The molecule has 202 valence electrons. The van der Waals surface area contributed by atoms with Crippen LogP contribution in [0.15, 0.2) is 18.2 Å². The van der Waals surface area contributed by atoms with Crippen molar-refractivity contribution in [1.82, 2.24) is 4.90 Å². The molecule has 0 saturated carbocycles. The molecule has 2 aromatic rings. The molecule has 1 spiro atoms. The highest BCUT2D eigenvalue weighted by atomic mass is 32.1. The number of rotatable bonds is 5. The molecule has 2 aliphatic heterocycles. The summed E-state index contributed by atoms with van der Waals surface area (Å²) in [6.07, 6.45) is -3.12. The van der Waals surface area contributed by atoms with Gasteiger partial charge in [-0.25, -0.2) is 0 Å². The van der Waals surface area contributed by atoms with E-state index in [4.69, 9.17) is 14.2 Å². The van der Waals surface area contributed by atoms with Gasteiger partial charge in [0.2, 0.25) is 0 Å². The Morgan fingerprint density at radius 2 is 2.00 bits per heavy atom. The van der Waals surface area contributed by atoms with E-state index in [9.17, 15) is 18.3 Å². The van der Waals surface area contributed by atoms with E-state index in [1.807, 2.05) is 18.2 Å². The highest BCUT2D eigenvalue weighted by Crippen LogP contribution is 2.51. The summed E-state index contributed by atoms with van der Waals surface area (Å²) in [5.41, 5.74) is 4.23. The average molecular weight is 554 g/mol. The molecule has 1 aromatic carbocycles. The van der Waals surface area contributed by atoms with E-state index in [1.54, 1.807) is 14.2 Å². The lowest BCUT2D eigenvalue weighted by Crippen LogP contribution is -2.50. The standard InChI is InChI=1S/C27H34F3NO4SSi/c1-33-20-7-6-18(23(14-20)34-2)16-31-11-10-26(15-19(31)9-13-37(3,4)5)24-21(8-12-35-26)22(17-32)25(36-24)27(28,29)30/h6-7,14,19,32H,8,10-12,15-17H2,1-5H3/t19-,26?/m1/s1. The number of thiophene rings is 1. The summed E-state index contributed by atoms with van der Waals surface area (Å²) in [5, 5.41) is 9.85. The van der Waals surface area contributed by atoms with E-state index >= 15 is 0 Å². The lowest BCUT2D eigenvalue weighted by atomic mass is 9.80. The van der Waals surface area contributed by atoms with Crippen LogP contribution in [0, 0.1) is 11.5 Å². The number of halogens is 3. The number of fused-ring (bicyclic) bond motifs is 2. The molecule has 3 heterocycles. The Bertz CT molecular complexity index is 1200. The van der Waals surface area contributed by atoms with E-state index in [0.717, 1.165) is 16.9 Å². The smallest absolute Gasteiger partial charge is 0.425 e. The Balaban J connectivity index is 1.72. The minimum absolute atomic E-state index is 0.00491. The Morgan fingerprint density at radius 3 is 2.62 bits per heavy atom. The number of hydrogen-bond acceptors (Lipinski definition) is 6. The number of alkyl halides is 3. The predicted molar refractivity (Wildman–Crippen MR) is 141 cm³/mol. The zero-order valence-electron chi connectivity index (χ0n) is 21.9.